The van der Waals surface area contributed by atoms with Gasteiger partial charge in [0.15, 0.2) is 5.03 Å². The lowest BCUT2D eigenvalue weighted by atomic mass is 9.80. The highest BCUT2D eigenvalue weighted by atomic mass is 35.5. The van der Waals surface area contributed by atoms with Crippen molar-refractivity contribution in [3.63, 3.8) is 0 Å². The summed E-state index contributed by atoms with van der Waals surface area (Å²) in [5.41, 5.74) is -0.545. The first-order valence-corrected chi connectivity index (χ1v) is 14.4. The zero-order chi connectivity index (χ0) is 29.9. The monoisotopic (exact) mass is 615 g/mol. The number of aromatic nitrogens is 1. The molecular weight excluding hydrogens is 593 g/mol. The quantitative estimate of drug-likeness (QED) is 0.316. The molecule has 1 spiro atoms. The summed E-state index contributed by atoms with van der Waals surface area (Å²) in [6.45, 7) is -0.537. The van der Waals surface area contributed by atoms with E-state index < -0.39 is 39.4 Å². The predicted octanol–water partition coefficient (Wildman–Crippen LogP) is 3.62. The van der Waals surface area contributed by atoms with Crippen molar-refractivity contribution < 1.29 is 27.5 Å². The molecule has 2 unspecified atom stereocenters. The Bertz CT molecular complexity index is 1730. The zero-order valence-corrected chi connectivity index (χ0v) is 24.4. The number of hydrogen-bond acceptors (Lipinski definition) is 7. The fourth-order valence-corrected chi connectivity index (χ4v) is 7.72. The van der Waals surface area contributed by atoms with Crippen molar-refractivity contribution in [3.8, 4) is 6.07 Å². The number of methoxy groups -OCH3 is 1. The number of amides is 3. The summed E-state index contributed by atoms with van der Waals surface area (Å²) in [6, 6.07) is 14.7. The number of esters is 1. The molecule has 41 heavy (non-hydrogen) atoms. The van der Waals surface area contributed by atoms with Crippen LogP contribution in [0.4, 0.5) is 10.5 Å². The molecule has 2 aliphatic rings. The van der Waals surface area contributed by atoms with E-state index in [1.807, 2.05) is 6.07 Å². The normalized spacial score (nSPS) is 21.1. The Kier molecular flexibility index (Phi) is 7.11. The summed E-state index contributed by atoms with van der Waals surface area (Å²) in [6.07, 6.45) is 0. The second-order valence-corrected chi connectivity index (χ2v) is 12.5. The molecule has 0 aliphatic carbocycles. The Morgan fingerprint density at radius 1 is 1.05 bits per heavy atom. The molecule has 2 aliphatic heterocycles. The van der Waals surface area contributed by atoms with Gasteiger partial charge in [0, 0.05) is 43.1 Å². The minimum absolute atomic E-state index is 0.0249. The molecule has 11 nitrogen and oxygen atoms in total. The van der Waals surface area contributed by atoms with Gasteiger partial charge in [-0.2, -0.15) is 9.57 Å². The molecule has 2 aromatic carbocycles. The lowest BCUT2D eigenvalue weighted by Gasteiger charge is -2.33. The average molecular weight is 616 g/mol. The van der Waals surface area contributed by atoms with Crippen molar-refractivity contribution in [3.05, 3.63) is 81.5 Å². The largest absolute Gasteiger partial charge is 0.464 e. The van der Waals surface area contributed by atoms with Gasteiger partial charge < -0.3 is 14.2 Å². The topological polar surface area (TPSA) is 133 Å². The summed E-state index contributed by atoms with van der Waals surface area (Å²) in [5, 5.41) is 9.51. The van der Waals surface area contributed by atoms with Gasteiger partial charge in [0.05, 0.1) is 24.4 Å². The summed E-state index contributed by atoms with van der Waals surface area (Å²) in [5.74, 6) is -2.18. The van der Waals surface area contributed by atoms with Gasteiger partial charge in [-0.3, -0.25) is 4.79 Å². The third kappa shape index (κ3) is 4.36. The molecule has 3 amide bonds. The third-order valence-electron chi connectivity index (χ3n) is 7.65. The van der Waals surface area contributed by atoms with Crippen LogP contribution in [0.3, 0.4) is 0 Å². The molecule has 0 N–H and O–H groups in total. The standard InChI is InChI=1S/C27H23Cl2N5O6S/c1-31-22(24(35)40-3)8-9-23(31)41(38,39)33-14-21(17-6-4-16(13-30)5-7-17)27(15-33)25(36)34(26(37)32(27)2)20-11-18(28)10-19(29)12-20/h4-12,21H,14-15H2,1-3H3. The number of carbonyl (C=O) groups excluding carboxylic acids is 3. The number of halogens is 2. The maximum atomic E-state index is 14.3. The van der Waals surface area contributed by atoms with Crippen LogP contribution in [0.2, 0.25) is 10.0 Å². The zero-order valence-electron chi connectivity index (χ0n) is 22.0. The van der Waals surface area contributed by atoms with Crippen LogP contribution < -0.4 is 4.90 Å². The van der Waals surface area contributed by atoms with Gasteiger partial charge in [-0.1, -0.05) is 35.3 Å². The van der Waals surface area contributed by atoms with Crippen LogP contribution in [-0.4, -0.2) is 72.9 Å². The first kappa shape index (κ1) is 28.6. The fourth-order valence-electron chi connectivity index (χ4n) is 5.54. The Labute approximate surface area is 246 Å². The number of nitriles is 1. The van der Waals surface area contributed by atoms with E-state index in [9.17, 15) is 28.1 Å². The van der Waals surface area contributed by atoms with Crippen LogP contribution in [0.25, 0.3) is 0 Å². The Hall–Kier alpha value is -3.89. The van der Waals surface area contributed by atoms with E-state index in [0.717, 1.165) is 9.21 Å². The third-order valence-corrected chi connectivity index (χ3v) is 9.99. The molecule has 14 heteroatoms. The number of hydrogen-bond donors (Lipinski definition) is 0. The molecule has 0 radical (unpaired) electrons. The molecule has 3 heterocycles. The maximum absolute atomic E-state index is 14.3. The number of rotatable bonds is 5. The van der Waals surface area contributed by atoms with E-state index >= 15 is 0 Å². The molecule has 0 saturated carbocycles. The van der Waals surface area contributed by atoms with Crippen LogP contribution in [0.5, 0.6) is 0 Å². The number of imide groups is 1. The molecule has 2 atom stereocenters. The number of nitrogens with zero attached hydrogens (tertiary/aromatic N) is 5. The lowest BCUT2D eigenvalue weighted by molar-refractivity contribution is -0.124. The van der Waals surface area contributed by atoms with E-state index in [-0.39, 0.29) is 39.5 Å². The van der Waals surface area contributed by atoms with Gasteiger partial charge in [-0.05, 0) is 48.0 Å². The van der Waals surface area contributed by atoms with Crippen LogP contribution in [-0.2, 0) is 26.6 Å². The van der Waals surface area contributed by atoms with Gasteiger partial charge in [-0.25, -0.2) is 22.9 Å². The van der Waals surface area contributed by atoms with Crippen LogP contribution >= 0.6 is 23.2 Å². The number of sulfonamides is 1. The molecule has 2 fully saturated rings. The van der Waals surface area contributed by atoms with Crippen LogP contribution in [0.15, 0.2) is 59.6 Å². The lowest BCUT2D eigenvalue weighted by Crippen LogP contribution is -2.54. The van der Waals surface area contributed by atoms with E-state index in [2.05, 4.69) is 0 Å². The average Bonchev–Trinajstić information content (AvgIpc) is 3.59. The predicted molar refractivity (Wildman–Crippen MR) is 149 cm³/mol. The van der Waals surface area contributed by atoms with E-state index in [1.165, 1.54) is 61.0 Å². The summed E-state index contributed by atoms with van der Waals surface area (Å²) in [7, 11) is -0.232. The van der Waals surface area contributed by atoms with Crippen molar-refractivity contribution in [1.82, 2.24) is 13.8 Å². The van der Waals surface area contributed by atoms with Crippen molar-refractivity contribution in [2.75, 3.05) is 32.1 Å². The minimum atomic E-state index is -4.28. The van der Waals surface area contributed by atoms with Crippen LogP contribution in [0, 0.1) is 11.3 Å². The highest BCUT2D eigenvalue weighted by Gasteiger charge is 2.66. The maximum Gasteiger partial charge on any atom is 0.354 e. The van der Waals surface area contributed by atoms with E-state index in [0.29, 0.717) is 11.1 Å². The van der Waals surface area contributed by atoms with Crippen molar-refractivity contribution in [2.24, 2.45) is 7.05 Å². The molecule has 5 rings (SSSR count). The van der Waals surface area contributed by atoms with E-state index in [4.69, 9.17) is 27.9 Å². The Morgan fingerprint density at radius 2 is 1.68 bits per heavy atom. The molecular formula is C27H23Cl2N5O6S. The SMILES string of the molecule is COC(=O)c1ccc(S(=O)(=O)N2CC(c3ccc(C#N)cc3)C3(C2)C(=O)N(c2cc(Cl)cc(Cl)c2)C(=O)N3C)n1C. The Morgan fingerprint density at radius 3 is 2.27 bits per heavy atom. The number of benzene rings is 2. The van der Waals surface area contributed by atoms with Gasteiger partial charge in [0.2, 0.25) is 0 Å². The number of urea groups is 1. The summed E-state index contributed by atoms with van der Waals surface area (Å²) >= 11 is 12.3. The second-order valence-electron chi connectivity index (χ2n) is 9.73. The molecule has 2 saturated heterocycles. The van der Waals surface area contributed by atoms with Crippen LogP contribution in [0.1, 0.15) is 27.5 Å². The first-order valence-electron chi connectivity index (χ1n) is 12.2. The van der Waals surface area contributed by atoms with Gasteiger partial charge in [0.1, 0.15) is 11.2 Å². The molecule has 0 bridgehead atoms. The van der Waals surface area contributed by atoms with Gasteiger partial charge in [-0.15, -0.1) is 0 Å². The number of ether oxygens (including phenoxy) is 1. The number of anilines is 1. The van der Waals surface area contributed by atoms with Crippen molar-refractivity contribution >= 4 is 56.8 Å². The van der Waals surface area contributed by atoms with Crippen molar-refractivity contribution in [2.45, 2.75) is 16.5 Å². The van der Waals surface area contributed by atoms with E-state index in [1.54, 1.807) is 24.3 Å². The Balaban J connectivity index is 1.64. The fraction of sp³-hybridized carbons (Fsp3) is 0.259. The van der Waals surface area contributed by atoms with Crippen molar-refractivity contribution in [1.29, 1.82) is 5.26 Å². The molecule has 3 aromatic rings. The highest BCUT2D eigenvalue weighted by molar-refractivity contribution is 7.89. The van der Waals surface area contributed by atoms with Gasteiger partial charge in [0.25, 0.3) is 15.9 Å². The summed E-state index contributed by atoms with van der Waals surface area (Å²) < 4.78 is 35.0. The molecule has 1 aromatic heterocycles. The number of carbonyl (C=O) groups is 3. The second kappa shape index (κ2) is 10.2. The van der Waals surface area contributed by atoms with Gasteiger partial charge >= 0.3 is 12.0 Å². The summed E-state index contributed by atoms with van der Waals surface area (Å²) in [4.78, 5) is 42.3. The minimum Gasteiger partial charge on any atom is -0.464 e. The highest BCUT2D eigenvalue weighted by Crippen LogP contribution is 2.48. The molecule has 212 valence electrons. The first-order chi connectivity index (χ1) is 19.4. The smallest absolute Gasteiger partial charge is 0.354 e. The number of likely N-dealkylation sites (N-methyl/N-ethyl adjacent to an activating group) is 1.